The molecule has 2 rings (SSSR count). The molecule has 1 aromatic carbocycles. The number of rotatable bonds is 3. The van der Waals surface area contributed by atoms with Crippen LogP contribution in [0.1, 0.15) is 23.2 Å². The molecule has 1 aliphatic carbocycles. The predicted octanol–water partition coefficient (Wildman–Crippen LogP) is 2.39. The van der Waals surface area contributed by atoms with Gasteiger partial charge in [0, 0.05) is 25.7 Å². The van der Waals surface area contributed by atoms with Crippen LogP contribution in [0.3, 0.4) is 0 Å². The van der Waals surface area contributed by atoms with Gasteiger partial charge in [-0.15, -0.1) is 0 Å². The molecule has 0 aliphatic heterocycles. The molecule has 4 nitrogen and oxygen atoms in total. The second-order valence-corrected chi connectivity index (χ2v) is 5.06. The SMILES string of the molecule is CN(C)C(=O)c1cc(NC(=O)C2CC2)ccc1Cl. The summed E-state index contributed by atoms with van der Waals surface area (Å²) >= 11 is 5.99. The summed E-state index contributed by atoms with van der Waals surface area (Å²) < 4.78 is 0. The van der Waals surface area contributed by atoms with E-state index in [-0.39, 0.29) is 17.7 Å². The zero-order chi connectivity index (χ0) is 13.3. The summed E-state index contributed by atoms with van der Waals surface area (Å²) in [6.45, 7) is 0. The Bertz CT molecular complexity index is 496. The molecular weight excluding hydrogens is 252 g/mol. The maximum absolute atomic E-state index is 11.9. The van der Waals surface area contributed by atoms with E-state index in [9.17, 15) is 9.59 Å². The summed E-state index contributed by atoms with van der Waals surface area (Å²) in [7, 11) is 3.32. The molecule has 0 unspecified atom stereocenters. The molecule has 0 heterocycles. The maximum Gasteiger partial charge on any atom is 0.254 e. The minimum atomic E-state index is -0.178. The summed E-state index contributed by atoms with van der Waals surface area (Å²) in [4.78, 5) is 25.0. The van der Waals surface area contributed by atoms with Crippen LogP contribution in [0.5, 0.6) is 0 Å². The zero-order valence-corrected chi connectivity index (χ0v) is 11.1. The Morgan fingerprint density at radius 3 is 2.56 bits per heavy atom. The van der Waals surface area contributed by atoms with E-state index < -0.39 is 0 Å². The molecule has 2 amide bonds. The average Bonchev–Trinajstić information content (AvgIpc) is 3.14. The van der Waals surface area contributed by atoms with Gasteiger partial charge in [0.15, 0.2) is 0 Å². The van der Waals surface area contributed by atoms with Crippen LogP contribution in [-0.4, -0.2) is 30.8 Å². The van der Waals surface area contributed by atoms with Crippen molar-refractivity contribution in [1.29, 1.82) is 0 Å². The lowest BCUT2D eigenvalue weighted by Gasteiger charge is -2.13. The average molecular weight is 267 g/mol. The summed E-state index contributed by atoms with van der Waals surface area (Å²) in [5, 5.41) is 3.18. The first-order chi connectivity index (χ1) is 8.49. The van der Waals surface area contributed by atoms with E-state index in [1.165, 1.54) is 4.90 Å². The van der Waals surface area contributed by atoms with Crippen molar-refractivity contribution < 1.29 is 9.59 Å². The molecule has 0 radical (unpaired) electrons. The second-order valence-electron chi connectivity index (χ2n) is 4.66. The number of halogens is 1. The number of carbonyl (C=O) groups is 2. The van der Waals surface area contributed by atoms with Crippen LogP contribution < -0.4 is 5.32 Å². The van der Waals surface area contributed by atoms with Crippen LogP contribution in [0.2, 0.25) is 5.02 Å². The van der Waals surface area contributed by atoms with Crippen molar-refractivity contribution in [3.63, 3.8) is 0 Å². The van der Waals surface area contributed by atoms with Gasteiger partial charge in [-0.1, -0.05) is 11.6 Å². The van der Waals surface area contributed by atoms with Gasteiger partial charge in [0.25, 0.3) is 5.91 Å². The Balaban J connectivity index is 2.20. The number of anilines is 1. The largest absolute Gasteiger partial charge is 0.345 e. The molecule has 1 fully saturated rings. The van der Waals surface area contributed by atoms with E-state index in [2.05, 4.69) is 5.32 Å². The number of amides is 2. The van der Waals surface area contributed by atoms with Crippen molar-refractivity contribution in [3.05, 3.63) is 28.8 Å². The Kier molecular flexibility index (Phi) is 3.57. The molecule has 0 atom stereocenters. The molecule has 18 heavy (non-hydrogen) atoms. The third kappa shape index (κ3) is 2.82. The highest BCUT2D eigenvalue weighted by atomic mass is 35.5. The van der Waals surface area contributed by atoms with Crippen LogP contribution in [0.25, 0.3) is 0 Å². The van der Waals surface area contributed by atoms with Gasteiger partial charge in [-0.05, 0) is 31.0 Å². The molecule has 1 N–H and O–H groups in total. The maximum atomic E-state index is 11.9. The molecule has 0 saturated heterocycles. The number of hydrogen-bond donors (Lipinski definition) is 1. The fourth-order valence-corrected chi connectivity index (χ4v) is 1.80. The minimum Gasteiger partial charge on any atom is -0.345 e. The normalized spacial score (nSPS) is 14.2. The molecule has 1 saturated carbocycles. The van der Waals surface area contributed by atoms with Crippen molar-refractivity contribution in [2.75, 3.05) is 19.4 Å². The topological polar surface area (TPSA) is 49.4 Å². The lowest BCUT2D eigenvalue weighted by molar-refractivity contribution is -0.117. The van der Waals surface area contributed by atoms with Crippen molar-refractivity contribution >= 4 is 29.1 Å². The summed E-state index contributed by atoms with van der Waals surface area (Å²) in [5.74, 6) is -0.0308. The molecule has 1 aromatic rings. The van der Waals surface area contributed by atoms with Crippen molar-refractivity contribution in [2.24, 2.45) is 5.92 Å². The molecule has 0 aromatic heterocycles. The Labute approximate surface area is 111 Å². The molecule has 5 heteroatoms. The van der Waals surface area contributed by atoms with Gasteiger partial charge in [0.1, 0.15) is 0 Å². The number of hydrogen-bond acceptors (Lipinski definition) is 2. The van der Waals surface area contributed by atoms with Crippen LogP contribution >= 0.6 is 11.6 Å². The van der Waals surface area contributed by atoms with E-state index in [0.29, 0.717) is 16.3 Å². The van der Waals surface area contributed by atoms with E-state index in [1.807, 2.05) is 0 Å². The Morgan fingerprint density at radius 2 is 2.00 bits per heavy atom. The van der Waals surface area contributed by atoms with Crippen molar-refractivity contribution in [3.8, 4) is 0 Å². The van der Waals surface area contributed by atoms with Gasteiger partial charge in [0.2, 0.25) is 5.91 Å². The third-order valence-electron chi connectivity index (χ3n) is 2.82. The summed E-state index contributed by atoms with van der Waals surface area (Å²) in [6.07, 6.45) is 1.89. The number of nitrogens with zero attached hydrogens (tertiary/aromatic N) is 1. The second kappa shape index (κ2) is 4.98. The van der Waals surface area contributed by atoms with Gasteiger partial charge in [0.05, 0.1) is 10.6 Å². The lowest BCUT2D eigenvalue weighted by Crippen LogP contribution is -2.22. The number of carbonyl (C=O) groups excluding carboxylic acids is 2. The van der Waals surface area contributed by atoms with Gasteiger partial charge in [-0.3, -0.25) is 9.59 Å². The van der Waals surface area contributed by atoms with E-state index in [0.717, 1.165) is 12.8 Å². The van der Waals surface area contributed by atoms with Crippen LogP contribution in [0, 0.1) is 5.92 Å². The quantitative estimate of drug-likeness (QED) is 0.913. The summed E-state index contributed by atoms with van der Waals surface area (Å²) in [5.41, 5.74) is 1.01. The van der Waals surface area contributed by atoms with E-state index in [4.69, 9.17) is 11.6 Å². The zero-order valence-electron chi connectivity index (χ0n) is 10.4. The van der Waals surface area contributed by atoms with Crippen LogP contribution in [0.4, 0.5) is 5.69 Å². The standard InChI is InChI=1S/C13H15ClN2O2/c1-16(2)13(18)10-7-9(5-6-11(10)14)15-12(17)8-3-4-8/h5-8H,3-4H2,1-2H3,(H,15,17). The molecule has 0 bridgehead atoms. The summed E-state index contributed by atoms with van der Waals surface area (Å²) in [6, 6.07) is 4.95. The van der Waals surface area contributed by atoms with Gasteiger partial charge in [-0.2, -0.15) is 0 Å². The Morgan fingerprint density at radius 1 is 1.33 bits per heavy atom. The predicted molar refractivity (Wildman–Crippen MR) is 70.8 cm³/mol. The Hall–Kier alpha value is -1.55. The fourth-order valence-electron chi connectivity index (χ4n) is 1.60. The highest BCUT2D eigenvalue weighted by Crippen LogP contribution is 2.30. The van der Waals surface area contributed by atoms with Gasteiger partial charge < -0.3 is 10.2 Å². The van der Waals surface area contributed by atoms with Crippen molar-refractivity contribution in [1.82, 2.24) is 4.90 Å². The van der Waals surface area contributed by atoms with E-state index >= 15 is 0 Å². The number of benzene rings is 1. The van der Waals surface area contributed by atoms with Crippen LogP contribution in [-0.2, 0) is 4.79 Å². The highest BCUT2D eigenvalue weighted by Gasteiger charge is 2.29. The molecule has 0 spiro atoms. The smallest absolute Gasteiger partial charge is 0.254 e. The highest BCUT2D eigenvalue weighted by molar-refractivity contribution is 6.34. The monoisotopic (exact) mass is 266 g/mol. The van der Waals surface area contributed by atoms with E-state index in [1.54, 1.807) is 32.3 Å². The minimum absolute atomic E-state index is 0.0144. The lowest BCUT2D eigenvalue weighted by atomic mass is 10.1. The first-order valence-electron chi connectivity index (χ1n) is 5.81. The van der Waals surface area contributed by atoms with Gasteiger partial charge >= 0.3 is 0 Å². The third-order valence-corrected chi connectivity index (χ3v) is 3.15. The first-order valence-corrected chi connectivity index (χ1v) is 6.19. The number of nitrogens with one attached hydrogen (secondary N) is 1. The molecular formula is C13H15ClN2O2. The van der Waals surface area contributed by atoms with Gasteiger partial charge in [-0.25, -0.2) is 0 Å². The fraction of sp³-hybridized carbons (Fsp3) is 0.385. The van der Waals surface area contributed by atoms with Crippen LogP contribution in [0.15, 0.2) is 18.2 Å². The van der Waals surface area contributed by atoms with Crippen molar-refractivity contribution in [2.45, 2.75) is 12.8 Å². The first kappa shape index (κ1) is 12.9. The molecule has 96 valence electrons. The molecule has 1 aliphatic rings.